The number of benzene rings is 3. The number of amides is 2. The molecule has 1 atom stereocenters. The minimum Gasteiger partial charge on any atom is -0.329 e. The van der Waals surface area contributed by atoms with Gasteiger partial charge in [-0.25, -0.2) is 13.2 Å². The number of hydrogen-bond donors (Lipinski definition) is 3. The maximum Gasteiger partial charge on any atom is 0.346 e. The number of hydroxylamine groups is 1. The highest BCUT2D eigenvalue weighted by Crippen LogP contribution is 2.23. The summed E-state index contributed by atoms with van der Waals surface area (Å²) < 4.78 is 25.7. The van der Waals surface area contributed by atoms with Crippen LogP contribution in [0.1, 0.15) is 35.2 Å². The number of nitrogens with zero attached hydrogens (tertiary/aromatic N) is 1. The molecule has 3 N–H and O–H groups in total. The molecule has 2 amide bonds. The molecule has 0 radical (unpaired) electrons. The molecule has 1 aliphatic heterocycles. The molecule has 166 valence electrons. The smallest absolute Gasteiger partial charge is 0.329 e. The first kappa shape index (κ1) is 22.0. The summed E-state index contributed by atoms with van der Waals surface area (Å²) in [4.78, 5) is 12.5. The summed E-state index contributed by atoms with van der Waals surface area (Å²) in [5.74, 6) is -0.114. The van der Waals surface area contributed by atoms with Crippen LogP contribution in [-0.2, 0) is 28.7 Å². The SMILES string of the molecule is CC(NC(=O)N(O)c1ccc(S(=O)(=O)Cc2ccc3c(c2)CNC3)cc1)c1ccccc1. The first-order chi connectivity index (χ1) is 15.3. The first-order valence-electron chi connectivity index (χ1n) is 10.3. The van der Waals surface area contributed by atoms with Crippen LogP contribution in [0.4, 0.5) is 10.5 Å². The molecule has 0 fully saturated rings. The van der Waals surface area contributed by atoms with E-state index in [0.717, 1.165) is 29.8 Å². The summed E-state index contributed by atoms with van der Waals surface area (Å²) in [6, 6.07) is 19.7. The number of carbonyl (C=O) groups is 1. The molecule has 8 heteroatoms. The van der Waals surface area contributed by atoms with Gasteiger partial charge in [0.2, 0.25) is 0 Å². The van der Waals surface area contributed by atoms with Gasteiger partial charge in [-0.15, -0.1) is 0 Å². The Kier molecular flexibility index (Phi) is 6.27. The second-order valence-electron chi connectivity index (χ2n) is 7.85. The van der Waals surface area contributed by atoms with Crippen molar-refractivity contribution in [3.63, 3.8) is 0 Å². The van der Waals surface area contributed by atoms with Crippen molar-refractivity contribution in [2.45, 2.75) is 36.7 Å². The Morgan fingerprint density at radius 1 is 1.03 bits per heavy atom. The van der Waals surface area contributed by atoms with E-state index >= 15 is 0 Å². The quantitative estimate of drug-likeness (QED) is 0.390. The molecule has 1 unspecified atom stereocenters. The number of urea groups is 1. The minimum absolute atomic E-state index is 0.114. The summed E-state index contributed by atoms with van der Waals surface area (Å²) in [5.41, 5.74) is 4.12. The van der Waals surface area contributed by atoms with Gasteiger partial charge in [-0.2, -0.15) is 5.06 Å². The standard InChI is InChI=1S/C24H25N3O4S/c1-17(19-5-3-2-4-6-19)26-24(28)27(29)22-9-11-23(12-10-22)32(30,31)16-18-7-8-20-14-25-15-21(20)13-18/h2-13,17,25,29H,14-16H2,1H3,(H,26,28). The Hall–Kier alpha value is -3.20. The molecule has 4 rings (SSSR count). The van der Waals surface area contributed by atoms with Crippen molar-refractivity contribution in [2.24, 2.45) is 0 Å². The van der Waals surface area contributed by atoms with Gasteiger partial charge < -0.3 is 10.6 Å². The summed E-state index contributed by atoms with van der Waals surface area (Å²) in [6.07, 6.45) is 0. The molecule has 32 heavy (non-hydrogen) atoms. The lowest BCUT2D eigenvalue weighted by molar-refractivity contribution is 0.202. The number of nitrogens with one attached hydrogen (secondary N) is 2. The van der Waals surface area contributed by atoms with Crippen LogP contribution in [0.5, 0.6) is 0 Å². The highest BCUT2D eigenvalue weighted by Gasteiger charge is 2.20. The number of anilines is 1. The molecule has 3 aromatic carbocycles. The lowest BCUT2D eigenvalue weighted by Gasteiger charge is -2.20. The van der Waals surface area contributed by atoms with E-state index in [1.165, 1.54) is 29.8 Å². The molecule has 1 heterocycles. The molecule has 0 saturated heterocycles. The Labute approximate surface area is 187 Å². The van der Waals surface area contributed by atoms with Gasteiger partial charge in [0.15, 0.2) is 9.84 Å². The molecule has 0 spiro atoms. The third-order valence-corrected chi connectivity index (χ3v) is 7.23. The molecule has 0 aliphatic carbocycles. The second kappa shape index (κ2) is 9.12. The Bertz CT molecular complexity index is 1210. The van der Waals surface area contributed by atoms with E-state index < -0.39 is 15.9 Å². The number of rotatable bonds is 6. The Morgan fingerprint density at radius 3 is 2.44 bits per heavy atom. The maximum atomic E-state index is 12.8. The number of hydrogen-bond acceptors (Lipinski definition) is 5. The van der Waals surface area contributed by atoms with Crippen LogP contribution in [0.3, 0.4) is 0 Å². The molecule has 0 saturated carbocycles. The number of carbonyl (C=O) groups excluding carboxylic acids is 1. The van der Waals surface area contributed by atoms with E-state index in [9.17, 15) is 18.4 Å². The fraction of sp³-hybridized carbons (Fsp3) is 0.208. The zero-order valence-corrected chi connectivity index (χ0v) is 18.5. The molecular formula is C24H25N3O4S. The van der Waals surface area contributed by atoms with Gasteiger partial charge in [-0.3, -0.25) is 5.21 Å². The van der Waals surface area contributed by atoms with Crippen LogP contribution in [0.2, 0.25) is 0 Å². The van der Waals surface area contributed by atoms with Crippen molar-refractivity contribution in [1.82, 2.24) is 10.6 Å². The van der Waals surface area contributed by atoms with E-state index in [2.05, 4.69) is 10.6 Å². The van der Waals surface area contributed by atoms with Crippen molar-refractivity contribution >= 4 is 21.6 Å². The van der Waals surface area contributed by atoms with Gasteiger partial charge in [0, 0.05) is 13.1 Å². The third kappa shape index (κ3) is 4.83. The van der Waals surface area contributed by atoms with Gasteiger partial charge in [0.25, 0.3) is 0 Å². The van der Waals surface area contributed by atoms with Crippen molar-refractivity contribution in [3.05, 3.63) is 95.1 Å². The topological polar surface area (TPSA) is 98.7 Å². The predicted molar refractivity (Wildman–Crippen MR) is 122 cm³/mol. The predicted octanol–water partition coefficient (Wildman–Crippen LogP) is 3.93. The first-order valence-corrected chi connectivity index (χ1v) is 12.0. The molecule has 0 aromatic heterocycles. The molecule has 3 aromatic rings. The molecule has 7 nitrogen and oxygen atoms in total. The van der Waals surface area contributed by atoms with Crippen molar-refractivity contribution in [2.75, 3.05) is 5.06 Å². The number of fused-ring (bicyclic) bond motifs is 1. The summed E-state index contributed by atoms with van der Waals surface area (Å²) in [6.45, 7) is 3.36. The van der Waals surface area contributed by atoms with E-state index in [4.69, 9.17) is 0 Å². The summed E-state index contributed by atoms with van der Waals surface area (Å²) in [5, 5.41) is 16.7. The van der Waals surface area contributed by atoms with Crippen LogP contribution < -0.4 is 15.7 Å². The van der Waals surface area contributed by atoms with E-state index in [1.807, 2.05) is 55.5 Å². The zero-order chi connectivity index (χ0) is 22.7. The Balaban J connectivity index is 1.43. The normalized spacial score (nSPS) is 13.9. The van der Waals surface area contributed by atoms with Gasteiger partial charge in [0.05, 0.1) is 22.4 Å². The molecule has 0 bridgehead atoms. The molecule has 1 aliphatic rings. The molecular weight excluding hydrogens is 426 g/mol. The van der Waals surface area contributed by atoms with Crippen molar-refractivity contribution in [1.29, 1.82) is 0 Å². The van der Waals surface area contributed by atoms with Gasteiger partial charge in [-0.1, -0.05) is 48.5 Å². The lowest BCUT2D eigenvalue weighted by atomic mass is 10.1. The van der Waals surface area contributed by atoms with Gasteiger partial charge in [0.1, 0.15) is 0 Å². The van der Waals surface area contributed by atoms with Crippen molar-refractivity contribution in [3.8, 4) is 0 Å². The van der Waals surface area contributed by atoms with Crippen LogP contribution in [-0.4, -0.2) is 19.7 Å². The van der Waals surface area contributed by atoms with E-state index in [1.54, 1.807) is 0 Å². The lowest BCUT2D eigenvalue weighted by Crippen LogP contribution is -2.39. The van der Waals surface area contributed by atoms with Crippen molar-refractivity contribution < 1.29 is 18.4 Å². The average Bonchev–Trinajstić information content (AvgIpc) is 3.27. The van der Waals surface area contributed by atoms with Gasteiger partial charge >= 0.3 is 6.03 Å². The maximum absolute atomic E-state index is 12.8. The minimum atomic E-state index is -3.57. The fourth-order valence-corrected chi connectivity index (χ4v) is 5.06. The van der Waals surface area contributed by atoms with Crippen LogP contribution in [0.25, 0.3) is 0 Å². The van der Waals surface area contributed by atoms with E-state index in [-0.39, 0.29) is 22.4 Å². The zero-order valence-electron chi connectivity index (χ0n) is 17.7. The van der Waals surface area contributed by atoms with Gasteiger partial charge in [-0.05, 0) is 53.4 Å². The summed E-state index contributed by atoms with van der Waals surface area (Å²) >= 11 is 0. The number of sulfone groups is 1. The average molecular weight is 452 g/mol. The third-order valence-electron chi connectivity index (χ3n) is 5.53. The fourth-order valence-electron chi connectivity index (χ4n) is 3.72. The highest BCUT2D eigenvalue weighted by atomic mass is 32.2. The summed E-state index contributed by atoms with van der Waals surface area (Å²) in [7, 11) is -3.57. The Morgan fingerprint density at radius 2 is 1.72 bits per heavy atom. The monoisotopic (exact) mass is 451 g/mol. The van der Waals surface area contributed by atoms with E-state index in [0.29, 0.717) is 5.06 Å². The highest BCUT2D eigenvalue weighted by molar-refractivity contribution is 7.90. The largest absolute Gasteiger partial charge is 0.346 e. The second-order valence-corrected chi connectivity index (χ2v) is 9.84. The van der Waals surface area contributed by atoms with Crippen LogP contribution >= 0.6 is 0 Å². The van der Waals surface area contributed by atoms with Crippen LogP contribution in [0.15, 0.2) is 77.7 Å². The van der Waals surface area contributed by atoms with Crippen LogP contribution in [0, 0.1) is 0 Å².